The van der Waals surface area contributed by atoms with Crippen LogP contribution in [0.5, 0.6) is 0 Å². The topological polar surface area (TPSA) is 61.0 Å². The van der Waals surface area contributed by atoms with Crippen molar-refractivity contribution in [3.63, 3.8) is 0 Å². The second-order valence-electron chi connectivity index (χ2n) is 7.44. The average molecular weight is 362 g/mol. The maximum absolute atomic E-state index is 12.6. The number of piperidine rings is 1. The van der Waals surface area contributed by atoms with E-state index in [1.165, 1.54) is 16.5 Å². The van der Waals surface area contributed by atoms with Gasteiger partial charge in [-0.25, -0.2) is 4.98 Å². The molecule has 0 unspecified atom stereocenters. The van der Waals surface area contributed by atoms with Crippen LogP contribution in [0.2, 0.25) is 0 Å². The summed E-state index contributed by atoms with van der Waals surface area (Å²) in [5.41, 5.74) is 3.14. The van der Waals surface area contributed by atoms with Gasteiger partial charge in [0.2, 0.25) is 0 Å². The van der Waals surface area contributed by atoms with Crippen LogP contribution in [0.15, 0.2) is 48.8 Å². The number of aromatic amines is 1. The number of benzene rings is 1. The first kappa shape index (κ1) is 17.6. The Bertz CT molecular complexity index is 907. The van der Waals surface area contributed by atoms with Gasteiger partial charge in [0.05, 0.1) is 5.56 Å². The van der Waals surface area contributed by atoms with Crippen molar-refractivity contribution in [3.8, 4) is 0 Å². The zero-order valence-electron chi connectivity index (χ0n) is 15.7. The van der Waals surface area contributed by atoms with Gasteiger partial charge in [-0.2, -0.15) is 0 Å². The largest absolute Gasteiger partial charge is 0.370 e. The Morgan fingerprint density at radius 1 is 1.22 bits per heavy atom. The first-order valence-electron chi connectivity index (χ1n) is 9.75. The number of H-pyrrole nitrogens is 1. The summed E-state index contributed by atoms with van der Waals surface area (Å²) in [6, 6.07) is 12.1. The smallest absolute Gasteiger partial charge is 0.255 e. The standard InChI is InChI=1S/C22H26N4O/c1-16-9-12-26(13-10-16)22(27)18-6-7-21(25-15-18)23-11-8-17-14-24-20-5-3-2-4-19(17)20/h2-7,14-16,24H,8-13H2,1H3,(H,23,25). The molecule has 1 amide bonds. The highest BCUT2D eigenvalue weighted by Gasteiger charge is 2.21. The molecule has 3 heterocycles. The van der Waals surface area contributed by atoms with Gasteiger partial charge < -0.3 is 15.2 Å². The highest BCUT2D eigenvalue weighted by atomic mass is 16.2. The van der Waals surface area contributed by atoms with Gasteiger partial charge in [0.25, 0.3) is 5.91 Å². The van der Waals surface area contributed by atoms with Gasteiger partial charge in [-0.1, -0.05) is 25.1 Å². The van der Waals surface area contributed by atoms with Gasteiger partial charge in [0, 0.05) is 42.9 Å². The predicted octanol–water partition coefficient (Wildman–Crippen LogP) is 4.09. The minimum absolute atomic E-state index is 0.0970. The fourth-order valence-electron chi connectivity index (χ4n) is 3.68. The predicted molar refractivity (Wildman–Crippen MR) is 109 cm³/mol. The highest BCUT2D eigenvalue weighted by Crippen LogP contribution is 2.19. The molecule has 0 bridgehead atoms. The number of fused-ring (bicyclic) bond motifs is 1. The lowest BCUT2D eigenvalue weighted by Crippen LogP contribution is -2.37. The van der Waals surface area contributed by atoms with Crippen molar-refractivity contribution in [1.29, 1.82) is 0 Å². The lowest BCUT2D eigenvalue weighted by atomic mass is 9.99. The molecule has 0 spiro atoms. The molecule has 0 radical (unpaired) electrons. The molecule has 0 saturated carbocycles. The number of nitrogens with zero attached hydrogens (tertiary/aromatic N) is 2. The van der Waals surface area contributed by atoms with Crippen LogP contribution in [0.4, 0.5) is 5.82 Å². The SMILES string of the molecule is CC1CCN(C(=O)c2ccc(NCCc3c[nH]c4ccccc34)nc2)CC1. The molecule has 1 aliphatic heterocycles. The van der Waals surface area contributed by atoms with Crippen molar-refractivity contribution in [3.05, 3.63) is 59.9 Å². The third-order valence-electron chi connectivity index (χ3n) is 5.46. The van der Waals surface area contributed by atoms with E-state index in [1.54, 1.807) is 6.20 Å². The Kier molecular flexibility index (Phi) is 5.10. The number of nitrogens with one attached hydrogen (secondary N) is 2. The second kappa shape index (κ2) is 7.82. The molecule has 5 nitrogen and oxygen atoms in total. The number of para-hydroxylation sites is 1. The summed E-state index contributed by atoms with van der Waals surface area (Å²) in [4.78, 5) is 22.2. The monoisotopic (exact) mass is 362 g/mol. The molecule has 3 aromatic rings. The zero-order chi connectivity index (χ0) is 18.6. The van der Waals surface area contributed by atoms with Crippen LogP contribution >= 0.6 is 0 Å². The Hall–Kier alpha value is -2.82. The number of anilines is 1. The Labute approximate surface area is 159 Å². The molecule has 2 aromatic heterocycles. The average Bonchev–Trinajstić information content (AvgIpc) is 3.12. The molecule has 1 fully saturated rings. The molecule has 0 atom stereocenters. The van der Waals surface area contributed by atoms with E-state index in [0.717, 1.165) is 50.6 Å². The van der Waals surface area contributed by atoms with Gasteiger partial charge >= 0.3 is 0 Å². The van der Waals surface area contributed by atoms with Gasteiger partial charge in [-0.05, 0) is 48.9 Å². The number of pyridine rings is 1. The number of carbonyl (C=O) groups is 1. The van der Waals surface area contributed by atoms with Crippen molar-refractivity contribution in [2.24, 2.45) is 5.92 Å². The van der Waals surface area contributed by atoms with E-state index in [0.29, 0.717) is 5.56 Å². The van der Waals surface area contributed by atoms with Gasteiger partial charge in [0.15, 0.2) is 0 Å². The number of carbonyl (C=O) groups excluding carboxylic acids is 1. The number of likely N-dealkylation sites (tertiary alicyclic amines) is 1. The summed E-state index contributed by atoms with van der Waals surface area (Å²) in [5.74, 6) is 1.62. The molecule has 1 saturated heterocycles. The minimum Gasteiger partial charge on any atom is -0.370 e. The summed E-state index contributed by atoms with van der Waals surface area (Å²) in [6.07, 6.45) is 6.85. The van der Waals surface area contributed by atoms with Crippen LogP contribution in [0.1, 0.15) is 35.7 Å². The van der Waals surface area contributed by atoms with Crippen molar-refractivity contribution in [2.45, 2.75) is 26.2 Å². The maximum Gasteiger partial charge on any atom is 0.255 e. The van der Waals surface area contributed by atoms with E-state index in [4.69, 9.17) is 0 Å². The van der Waals surface area contributed by atoms with Crippen LogP contribution in [-0.2, 0) is 6.42 Å². The minimum atomic E-state index is 0.0970. The first-order chi connectivity index (χ1) is 13.2. The summed E-state index contributed by atoms with van der Waals surface area (Å²) >= 11 is 0. The zero-order valence-corrected chi connectivity index (χ0v) is 15.7. The van der Waals surface area contributed by atoms with Crippen LogP contribution in [0.3, 0.4) is 0 Å². The number of hydrogen-bond donors (Lipinski definition) is 2. The van der Waals surface area contributed by atoms with Crippen LogP contribution in [0.25, 0.3) is 10.9 Å². The Morgan fingerprint density at radius 3 is 2.81 bits per heavy atom. The maximum atomic E-state index is 12.6. The Balaban J connectivity index is 1.32. The highest BCUT2D eigenvalue weighted by molar-refractivity contribution is 5.94. The molecular formula is C22H26N4O. The second-order valence-corrected chi connectivity index (χ2v) is 7.44. The fourth-order valence-corrected chi connectivity index (χ4v) is 3.68. The Morgan fingerprint density at radius 2 is 2.04 bits per heavy atom. The number of aromatic nitrogens is 2. The van der Waals surface area contributed by atoms with Crippen molar-refractivity contribution in [2.75, 3.05) is 25.0 Å². The molecule has 5 heteroatoms. The third-order valence-corrected chi connectivity index (χ3v) is 5.46. The van der Waals surface area contributed by atoms with E-state index in [-0.39, 0.29) is 5.91 Å². The number of rotatable bonds is 5. The molecule has 0 aliphatic carbocycles. The van der Waals surface area contributed by atoms with E-state index < -0.39 is 0 Å². The first-order valence-corrected chi connectivity index (χ1v) is 9.75. The number of hydrogen-bond acceptors (Lipinski definition) is 3. The van der Waals surface area contributed by atoms with Gasteiger partial charge in [-0.3, -0.25) is 4.79 Å². The lowest BCUT2D eigenvalue weighted by molar-refractivity contribution is 0.0697. The molecule has 4 rings (SSSR count). The van der Waals surface area contributed by atoms with Crippen molar-refractivity contribution < 1.29 is 4.79 Å². The van der Waals surface area contributed by atoms with Gasteiger partial charge in [-0.15, -0.1) is 0 Å². The fraction of sp³-hybridized carbons (Fsp3) is 0.364. The van der Waals surface area contributed by atoms with Crippen LogP contribution < -0.4 is 5.32 Å². The molecule has 1 aliphatic rings. The van der Waals surface area contributed by atoms with Gasteiger partial charge in [0.1, 0.15) is 5.82 Å². The quantitative estimate of drug-likeness (QED) is 0.719. The van der Waals surface area contributed by atoms with Crippen LogP contribution in [-0.4, -0.2) is 40.4 Å². The van der Waals surface area contributed by atoms with E-state index in [2.05, 4.69) is 46.6 Å². The molecule has 140 valence electrons. The normalized spacial score (nSPS) is 15.2. The summed E-state index contributed by atoms with van der Waals surface area (Å²) in [7, 11) is 0. The van der Waals surface area contributed by atoms with E-state index in [9.17, 15) is 4.79 Å². The third kappa shape index (κ3) is 3.97. The van der Waals surface area contributed by atoms with Crippen molar-refractivity contribution >= 4 is 22.6 Å². The molecular weight excluding hydrogens is 336 g/mol. The number of amides is 1. The molecule has 27 heavy (non-hydrogen) atoms. The van der Waals surface area contributed by atoms with E-state index in [1.807, 2.05) is 23.1 Å². The molecule has 1 aromatic carbocycles. The van der Waals surface area contributed by atoms with E-state index >= 15 is 0 Å². The summed E-state index contributed by atoms with van der Waals surface area (Å²) in [6.45, 7) is 4.75. The van der Waals surface area contributed by atoms with Crippen molar-refractivity contribution in [1.82, 2.24) is 14.9 Å². The summed E-state index contributed by atoms with van der Waals surface area (Å²) < 4.78 is 0. The molecule has 2 N–H and O–H groups in total. The summed E-state index contributed by atoms with van der Waals surface area (Å²) in [5, 5.41) is 4.62. The van der Waals surface area contributed by atoms with Crippen LogP contribution in [0, 0.1) is 5.92 Å². The lowest BCUT2D eigenvalue weighted by Gasteiger charge is -2.30.